The first-order valence-electron chi connectivity index (χ1n) is 6.61. The van der Waals surface area contributed by atoms with Gasteiger partial charge in [0.2, 0.25) is 0 Å². The third kappa shape index (κ3) is 3.19. The Morgan fingerprint density at radius 2 is 1.57 bits per heavy atom. The Morgan fingerprint density at radius 3 is 2.10 bits per heavy atom. The fraction of sp³-hybridized carbons (Fsp3) is 0.294. The van der Waals surface area contributed by atoms with Gasteiger partial charge in [0.25, 0.3) is 0 Å². The van der Waals surface area contributed by atoms with Crippen molar-refractivity contribution in [2.24, 2.45) is 0 Å². The van der Waals surface area contributed by atoms with E-state index in [0.717, 1.165) is 38.8 Å². The molecule has 4 heteroatoms. The van der Waals surface area contributed by atoms with E-state index < -0.39 is 0 Å². The highest BCUT2D eigenvalue weighted by molar-refractivity contribution is 9.09. The Kier molecular flexibility index (Phi) is 5.17. The van der Waals surface area contributed by atoms with E-state index in [1.54, 1.807) is 14.2 Å². The van der Waals surface area contributed by atoms with Crippen molar-refractivity contribution in [3.63, 3.8) is 0 Å². The molecule has 112 valence electrons. The van der Waals surface area contributed by atoms with Gasteiger partial charge in [0, 0.05) is 5.02 Å². The topological polar surface area (TPSA) is 18.5 Å². The van der Waals surface area contributed by atoms with Crippen LogP contribution in [0.5, 0.6) is 11.5 Å². The normalized spacial score (nSPS) is 12.1. The zero-order chi connectivity index (χ0) is 15.6. The van der Waals surface area contributed by atoms with Gasteiger partial charge in [0.05, 0.1) is 24.6 Å². The summed E-state index contributed by atoms with van der Waals surface area (Å²) >= 11 is 9.97. The van der Waals surface area contributed by atoms with Gasteiger partial charge in [-0.1, -0.05) is 39.7 Å². The molecule has 0 bridgehead atoms. The van der Waals surface area contributed by atoms with E-state index >= 15 is 0 Å². The molecule has 0 spiro atoms. The Hall–Kier alpha value is -1.19. The van der Waals surface area contributed by atoms with Crippen LogP contribution in [0.1, 0.15) is 27.1 Å². The number of methoxy groups -OCH3 is 2. The highest BCUT2D eigenvalue weighted by Gasteiger charge is 2.22. The van der Waals surface area contributed by atoms with Crippen LogP contribution in [0, 0.1) is 13.8 Å². The second-order valence-electron chi connectivity index (χ2n) is 4.90. The molecule has 0 amide bonds. The number of aryl methyl sites for hydroxylation is 2. The van der Waals surface area contributed by atoms with Crippen molar-refractivity contribution in [3.05, 3.63) is 57.6 Å². The van der Waals surface area contributed by atoms with Crippen LogP contribution in [0.15, 0.2) is 30.3 Å². The van der Waals surface area contributed by atoms with E-state index in [2.05, 4.69) is 28.9 Å². The first-order valence-corrected chi connectivity index (χ1v) is 7.90. The third-order valence-electron chi connectivity index (χ3n) is 3.54. The molecule has 0 fully saturated rings. The van der Waals surface area contributed by atoms with Crippen LogP contribution in [0.25, 0.3) is 0 Å². The lowest BCUT2D eigenvalue weighted by molar-refractivity contribution is 0.386. The minimum atomic E-state index is -0.0282. The maximum Gasteiger partial charge on any atom is 0.127 e. The predicted octanol–water partition coefficient (Wildman–Crippen LogP) is 5.46. The number of ether oxygens (including phenoxy) is 2. The maximum absolute atomic E-state index is 6.19. The minimum Gasteiger partial charge on any atom is -0.496 e. The molecular weight excluding hydrogens is 352 g/mol. The summed E-state index contributed by atoms with van der Waals surface area (Å²) in [5.74, 6) is 1.59. The largest absolute Gasteiger partial charge is 0.496 e. The molecule has 2 aromatic rings. The highest BCUT2D eigenvalue weighted by atomic mass is 79.9. The van der Waals surface area contributed by atoms with Gasteiger partial charge in [-0.25, -0.2) is 0 Å². The number of hydrogen-bond donors (Lipinski definition) is 0. The van der Waals surface area contributed by atoms with Gasteiger partial charge in [-0.15, -0.1) is 0 Å². The average molecular weight is 370 g/mol. The molecule has 2 aromatic carbocycles. The highest BCUT2D eigenvalue weighted by Crippen LogP contribution is 2.43. The van der Waals surface area contributed by atoms with Crippen LogP contribution < -0.4 is 9.47 Å². The summed E-state index contributed by atoms with van der Waals surface area (Å²) in [5, 5.41) is 0.781. The summed E-state index contributed by atoms with van der Waals surface area (Å²) < 4.78 is 11.0. The quantitative estimate of drug-likeness (QED) is 0.666. The van der Waals surface area contributed by atoms with Crippen LogP contribution in [-0.4, -0.2) is 14.2 Å². The van der Waals surface area contributed by atoms with E-state index in [1.807, 2.05) is 31.2 Å². The molecule has 0 radical (unpaired) electrons. The molecule has 1 unspecified atom stereocenters. The van der Waals surface area contributed by atoms with Crippen LogP contribution in [-0.2, 0) is 0 Å². The predicted molar refractivity (Wildman–Crippen MR) is 91.2 cm³/mol. The zero-order valence-corrected chi connectivity index (χ0v) is 14.9. The van der Waals surface area contributed by atoms with Gasteiger partial charge in [-0.2, -0.15) is 0 Å². The average Bonchev–Trinajstić information content (AvgIpc) is 2.49. The minimum absolute atomic E-state index is 0.0282. The number of rotatable bonds is 4. The fourth-order valence-electron chi connectivity index (χ4n) is 2.36. The summed E-state index contributed by atoms with van der Waals surface area (Å²) in [6, 6.07) is 9.88. The van der Waals surface area contributed by atoms with Gasteiger partial charge >= 0.3 is 0 Å². The molecule has 0 heterocycles. The molecule has 0 saturated heterocycles. The molecule has 0 aliphatic heterocycles. The van der Waals surface area contributed by atoms with Crippen LogP contribution in [0.4, 0.5) is 0 Å². The van der Waals surface area contributed by atoms with Crippen molar-refractivity contribution in [2.45, 2.75) is 18.7 Å². The van der Waals surface area contributed by atoms with Gasteiger partial charge < -0.3 is 9.47 Å². The molecule has 0 aliphatic carbocycles. The van der Waals surface area contributed by atoms with Crippen LogP contribution in [0.2, 0.25) is 5.02 Å². The maximum atomic E-state index is 6.19. The van der Waals surface area contributed by atoms with Gasteiger partial charge in [0.1, 0.15) is 11.5 Å². The van der Waals surface area contributed by atoms with Crippen molar-refractivity contribution in [3.8, 4) is 11.5 Å². The molecule has 0 saturated carbocycles. The lowest BCUT2D eigenvalue weighted by Gasteiger charge is -2.20. The van der Waals surface area contributed by atoms with Gasteiger partial charge in [0.15, 0.2) is 0 Å². The molecule has 2 rings (SSSR count). The third-order valence-corrected chi connectivity index (χ3v) is 4.90. The van der Waals surface area contributed by atoms with Crippen molar-refractivity contribution < 1.29 is 9.47 Å². The molecule has 0 N–H and O–H groups in total. The summed E-state index contributed by atoms with van der Waals surface area (Å²) in [6.45, 7) is 4.06. The van der Waals surface area contributed by atoms with E-state index in [1.165, 1.54) is 0 Å². The van der Waals surface area contributed by atoms with Crippen LogP contribution in [0.3, 0.4) is 0 Å². The standard InChI is InChI=1S/C17H18BrClO2/c1-10-9-13(19)11(2)8-12(10)17(18)16-14(20-3)6-5-7-15(16)21-4/h5-9,17H,1-4H3. The van der Waals surface area contributed by atoms with E-state index in [-0.39, 0.29) is 4.83 Å². The first kappa shape index (κ1) is 16.2. The molecule has 2 nitrogen and oxygen atoms in total. The molecule has 0 aromatic heterocycles. The Balaban J connectivity index is 2.59. The number of hydrogen-bond acceptors (Lipinski definition) is 2. The molecular formula is C17H18BrClO2. The summed E-state index contributed by atoms with van der Waals surface area (Å²) in [7, 11) is 3.33. The van der Waals surface area contributed by atoms with Gasteiger partial charge in [-0.3, -0.25) is 0 Å². The SMILES string of the molecule is COc1cccc(OC)c1C(Br)c1cc(C)c(Cl)cc1C. The van der Waals surface area contributed by atoms with Crippen molar-refractivity contribution in [2.75, 3.05) is 14.2 Å². The Labute approximate surface area is 139 Å². The second-order valence-corrected chi connectivity index (χ2v) is 6.22. The monoisotopic (exact) mass is 368 g/mol. The van der Waals surface area contributed by atoms with E-state index in [9.17, 15) is 0 Å². The first-order chi connectivity index (χ1) is 9.99. The number of benzene rings is 2. The molecule has 1 atom stereocenters. The Bertz CT molecular complexity index is 633. The van der Waals surface area contributed by atoms with Crippen molar-refractivity contribution in [1.82, 2.24) is 0 Å². The lowest BCUT2D eigenvalue weighted by atomic mass is 9.97. The second kappa shape index (κ2) is 6.71. The number of alkyl halides is 1. The Morgan fingerprint density at radius 1 is 1.00 bits per heavy atom. The molecule has 21 heavy (non-hydrogen) atoms. The summed E-state index contributed by atoms with van der Waals surface area (Å²) in [6.07, 6.45) is 0. The lowest BCUT2D eigenvalue weighted by Crippen LogP contribution is -2.02. The fourth-order valence-corrected chi connectivity index (χ4v) is 3.52. The zero-order valence-electron chi connectivity index (χ0n) is 12.5. The van der Waals surface area contributed by atoms with Gasteiger partial charge in [-0.05, 0) is 48.7 Å². The smallest absolute Gasteiger partial charge is 0.127 e. The van der Waals surface area contributed by atoms with E-state index in [0.29, 0.717) is 0 Å². The van der Waals surface area contributed by atoms with Crippen LogP contribution >= 0.6 is 27.5 Å². The van der Waals surface area contributed by atoms with Crippen molar-refractivity contribution in [1.29, 1.82) is 0 Å². The van der Waals surface area contributed by atoms with E-state index in [4.69, 9.17) is 21.1 Å². The summed E-state index contributed by atoms with van der Waals surface area (Å²) in [4.78, 5) is -0.0282. The van der Waals surface area contributed by atoms with Crippen molar-refractivity contribution >= 4 is 27.5 Å². The summed E-state index contributed by atoms with van der Waals surface area (Å²) in [5.41, 5.74) is 4.31. The number of halogens is 2. The molecule has 0 aliphatic rings.